The fourth-order valence-electron chi connectivity index (χ4n) is 1.94. The van der Waals surface area contributed by atoms with Crippen LogP contribution in [-0.4, -0.2) is 31.9 Å². The first-order chi connectivity index (χ1) is 8.57. The molecule has 2 N–H and O–H groups in total. The van der Waals surface area contributed by atoms with Gasteiger partial charge in [-0.05, 0) is 24.6 Å². The molecule has 1 fully saturated rings. The Morgan fingerprint density at radius 2 is 2.28 bits per heavy atom. The van der Waals surface area contributed by atoms with Crippen LogP contribution in [0.3, 0.4) is 0 Å². The maximum Gasteiger partial charge on any atom is 0.210 e. The summed E-state index contributed by atoms with van der Waals surface area (Å²) in [6.07, 6.45) is 0.542. The maximum absolute atomic E-state index is 12.3. The number of ether oxygens (including phenoxy) is 1. The van der Waals surface area contributed by atoms with Gasteiger partial charge in [0, 0.05) is 12.3 Å². The van der Waals surface area contributed by atoms with Gasteiger partial charge in [0.05, 0.1) is 22.1 Å². The second-order valence-electron chi connectivity index (χ2n) is 4.24. The number of fused-ring (bicyclic) bond motifs is 1. The van der Waals surface area contributed by atoms with Crippen LogP contribution >= 0.6 is 11.3 Å². The number of nitrogen functional groups attached to an aromatic ring is 1. The van der Waals surface area contributed by atoms with E-state index in [1.165, 1.54) is 11.3 Å². The van der Waals surface area contributed by atoms with Crippen LogP contribution in [0.1, 0.15) is 6.42 Å². The Balaban J connectivity index is 2.08. The number of sulfone groups is 1. The monoisotopic (exact) mass is 284 g/mol. The zero-order valence-corrected chi connectivity index (χ0v) is 11.1. The van der Waals surface area contributed by atoms with E-state index in [1.54, 1.807) is 18.2 Å². The molecule has 0 bridgehead atoms. The first-order valence-corrected chi connectivity index (χ1v) is 7.91. The van der Waals surface area contributed by atoms with Crippen molar-refractivity contribution in [1.82, 2.24) is 4.98 Å². The van der Waals surface area contributed by atoms with Crippen molar-refractivity contribution >= 4 is 37.1 Å². The Labute approximate surface area is 109 Å². The van der Waals surface area contributed by atoms with Gasteiger partial charge in [-0.2, -0.15) is 0 Å². The largest absolute Gasteiger partial charge is 0.399 e. The average Bonchev–Trinajstić information content (AvgIpc) is 2.97. The molecule has 2 heterocycles. The number of hydrogen-bond acceptors (Lipinski definition) is 6. The molecule has 0 spiro atoms. The van der Waals surface area contributed by atoms with Crippen molar-refractivity contribution in [3.05, 3.63) is 18.2 Å². The predicted molar refractivity (Wildman–Crippen MR) is 70.4 cm³/mol. The van der Waals surface area contributed by atoms with Crippen molar-refractivity contribution in [2.75, 3.05) is 18.9 Å². The minimum atomic E-state index is -3.37. The van der Waals surface area contributed by atoms with E-state index in [4.69, 9.17) is 10.5 Å². The van der Waals surface area contributed by atoms with Gasteiger partial charge in [0.25, 0.3) is 0 Å². The van der Waals surface area contributed by atoms with E-state index in [-0.39, 0.29) is 10.9 Å². The summed E-state index contributed by atoms with van der Waals surface area (Å²) < 4.78 is 30.8. The van der Waals surface area contributed by atoms with E-state index in [0.717, 1.165) is 4.70 Å². The highest BCUT2D eigenvalue weighted by molar-refractivity contribution is 7.94. The Hall–Kier alpha value is -1.18. The lowest BCUT2D eigenvalue weighted by molar-refractivity contribution is 0.198. The lowest BCUT2D eigenvalue weighted by Crippen LogP contribution is -2.21. The molecule has 1 aliphatic rings. The Morgan fingerprint density at radius 1 is 1.44 bits per heavy atom. The van der Waals surface area contributed by atoms with Crippen LogP contribution in [-0.2, 0) is 14.6 Å². The highest BCUT2D eigenvalue weighted by atomic mass is 32.2. The van der Waals surface area contributed by atoms with Gasteiger partial charge in [-0.15, -0.1) is 11.3 Å². The molecule has 0 aliphatic carbocycles. The molecule has 1 aliphatic heterocycles. The van der Waals surface area contributed by atoms with Gasteiger partial charge in [0.2, 0.25) is 14.2 Å². The predicted octanol–water partition coefficient (Wildman–Crippen LogP) is 1.44. The third-order valence-electron chi connectivity index (χ3n) is 2.96. The molecule has 1 saturated heterocycles. The van der Waals surface area contributed by atoms with Crippen LogP contribution in [0.5, 0.6) is 0 Å². The highest BCUT2D eigenvalue weighted by Gasteiger charge is 2.33. The minimum Gasteiger partial charge on any atom is -0.399 e. The first kappa shape index (κ1) is 11.9. The number of anilines is 1. The molecule has 1 aromatic carbocycles. The van der Waals surface area contributed by atoms with Crippen LogP contribution in [0, 0.1) is 0 Å². The molecule has 0 amide bonds. The average molecular weight is 284 g/mol. The normalized spacial score (nSPS) is 20.6. The molecule has 96 valence electrons. The third kappa shape index (κ3) is 1.88. The Bertz CT molecular complexity index is 687. The summed E-state index contributed by atoms with van der Waals surface area (Å²) in [5.41, 5.74) is 6.96. The number of hydrogen-bond donors (Lipinski definition) is 1. The molecule has 7 heteroatoms. The molecule has 1 atom stereocenters. The lowest BCUT2D eigenvalue weighted by Gasteiger charge is -2.05. The summed E-state index contributed by atoms with van der Waals surface area (Å²) in [7, 11) is -3.37. The molecular formula is C11H12N2O3S2. The first-order valence-electron chi connectivity index (χ1n) is 5.55. The van der Waals surface area contributed by atoms with Gasteiger partial charge in [-0.1, -0.05) is 0 Å². The molecule has 1 aromatic heterocycles. The van der Waals surface area contributed by atoms with E-state index in [1.807, 2.05) is 0 Å². The fraction of sp³-hybridized carbons (Fsp3) is 0.364. The van der Waals surface area contributed by atoms with Crippen LogP contribution in [0.4, 0.5) is 5.69 Å². The molecule has 0 radical (unpaired) electrons. The topological polar surface area (TPSA) is 82.3 Å². The quantitative estimate of drug-likeness (QED) is 0.844. The summed E-state index contributed by atoms with van der Waals surface area (Å²) in [6.45, 7) is 0.766. The minimum absolute atomic E-state index is 0.165. The van der Waals surface area contributed by atoms with E-state index < -0.39 is 15.1 Å². The Kier molecular flexibility index (Phi) is 2.76. The van der Waals surface area contributed by atoms with Gasteiger partial charge in [-0.25, -0.2) is 13.4 Å². The van der Waals surface area contributed by atoms with Crippen molar-refractivity contribution in [3.8, 4) is 0 Å². The lowest BCUT2D eigenvalue weighted by atomic mass is 10.3. The van der Waals surface area contributed by atoms with E-state index in [0.29, 0.717) is 24.2 Å². The fourth-order valence-corrected chi connectivity index (χ4v) is 5.02. The number of rotatable bonds is 2. The Morgan fingerprint density at radius 3 is 3.00 bits per heavy atom. The SMILES string of the molecule is Nc1ccc2nc(S(=O)(=O)C3CCOC3)sc2c1. The molecule has 1 unspecified atom stereocenters. The highest BCUT2D eigenvalue weighted by Crippen LogP contribution is 2.31. The molecule has 5 nitrogen and oxygen atoms in total. The second-order valence-corrected chi connectivity index (χ2v) is 7.67. The third-order valence-corrected chi connectivity index (χ3v) is 6.55. The van der Waals surface area contributed by atoms with E-state index >= 15 is 0 Å². The number of thiazole rings is 1. The van der Waals surface area contributed by atoms with Gasteiger partial charge in [0.15, 0.2) is 0 Å². The van der Waals surface area contributed by atoms with Crippen molar-refractivity contribution in [2.45, 2.75) is 16.0 Å². The zero-order chi connectivity index (χ0) is 12.8. The summed E-state index contributed by atoms with van der Waals surface area (Å²) in [6, 6.07) is 5.21. The number of nitrogens with zero attached hydrogens (tertiary/aromatic N) is 1. The molecule has 2 aromatic rings. The molecule has 3 rings (SSSR count). The molecule has 18 heavy (non-hydrogen) atoms. The van der Waals surface area contributed by atoms with Gasteiger partial charge in [-0.3, -0.25) is 0 Å². The summed E-state index contributed by atoms with van der Waals surface area (Å²) in [4.78, 5) is 4.19. The van der Waals surface area contributed by atoms with Gasteiger partial charge >= 0.3 is 0 Å². The van der Waals surface area contributed by atoms with Crippen molar-refractivity contribution in [2.24, 2.45) is 0 Å². The molecule has 0 saturated carbocycles. The van der Waals surface area contributed by atoms with Crippen molar-refractivity contribution < 1.29 is 13.2 Å². The smallest absolute Gasteiger partial charge is 0.210 e. The van der Waals surface area contributed by atoms with E-state index in [2.05, 4.69) is 4.98 Å². The van der Waals surface area contributed by atoms with Gasteiger partial charge < -0.3 is 10.5 Å². The number of benzene rings is 1. The van der Waals surface area contributed by atoms with Gasteiger partial charge in [0.1, 0.15) is 0 Å². The maximum atomic E-state index is 12.3. The van der Waals surface area contributed by atoms with Crippen LogP contribution in [0.25, 0.3) is 10.2 Å². The summed E-state index contributed by atoms with van der Waals surface area (Å²) in [5, 5.41) is -0.463. The van der Waals surface area contributed by atoms with Crippen molar-refractivity contribution in [1.29, 1.82) is 0 Å². The summed E-state index contributed by atoms with van der Waals surface area (Å²) in [5.74, 6) is 0. The standard InChI is InChI=1S/C11H12N2O3S2/c12-7-1-2-9-10(5-7)17-11(13-9)18(14,15)8-3-4-16-6-8/h1-2,5,8H,3-4,6,12H2. The zero-order valence-electron chi connectivity index (χ0n) is 9.50. The molecular weight excluding hydrogens is 272 g/mol. The number of aromatic nitrogens is 1. The number of nitrogens with two attached hydrogens (primary N) is 1. The van der Waals surface area contributed by atoms with Crippen LogP contribution in [0.2, 0.25) is 0 Å². The van der Waals surface area contributed by atoms with Crippen LogP contribution in [0.15, 0.2) is 22.5 Å². The van der Waals surface area contributed by atoms with Crippen LogP contribution < -0.4 is 5.73 Å². The van der Waals surface area contributed by atoms with E-state index in [9.17, 15) is 8.42 Å². The van der Waals surface area contributed by atoms with Crippen molar-refractivity contribution in [3.63, 3.8) is 0 Å². The second kappa shape index (κ2) is 4.18. The summed E-state index contributed by atoms with van der Waals surface area (Å²) >= 11 is 1.17.